The van der Waals surface area contributed by atoms with E-state index in [1.54, 1.807) is 29.2 Å². The number of carbonyl (C=O) groups is 2. The largest absolute Gasteiger partial charge is 0.416 e. The molecule has 0 spiro atoms. The van der Waals surface area contributed by atoms with Crippen LogP contribution in [0, 0.1) is 5.92 Å². The molecule has 1 aliphatic rings. The van der Waals surface area contributed by atoms with Gasteiger partial charge in [0.05, 0.1) is 11.5 Å². The summed E-state index contributed by atoms with van der Waals surface area (Å²) < 4.78 is 38.5. The van der Waals surface area contributed by atoms with Crippen molar-refractivity contribution in [1.29, 1.82) is 0 Å². The molecule has 0 saturated carbocycles. The van der Waals surface area contributed by atoms with Crippen molar-refractivity contribution in [1.82, 2.24) is 4.90 Å². The van der Waals surface area contributed by atoms with Gasteiger partial charge in [-0.1, -0.05) is 17.7 Å². The first-order valence-electron chi connectivity index (χ1n) is 8.77. The van der Waals surface area contributed by atoms with Gasteiger partial charge >= 0.3 is 6.18 Å². The molecule has 0 radical (unpaired) electrons. The van der Waals surface area contributed by atoms with Gasteiger partial charge in [-0.05, 0) is 55.3 Å². The molecule has 2 aromatic rings. The number of hydrogen-bond acceptors (Lipinski definition) is 2. The van der Waals surface area contributed by atoms with Crippen molar-refractivity contribution >= 4 is 29.1 Å². The second-order valence-electron chi connectivity index (χ2n) is 6.67. The lowest BCUT2D eigenvalue weighted by molar-refractivity contribution is -0.137. The van der Waals surface area contributed by atoms with Gasteiger partial charge in [0.2, 0.25) is 5.91 Å². The lowest BCUT2D eigenvalue weighted by atomic mass is 9.96. The van der Waals surface area contributed by atoms with E-state index in [-0.39, 0.29) is 18.1 Å². The number of likely N-dealkylation sites (tertiary alicyclic amines) is 1. The summed E-state index contributed by atoms with van der Waals surface area (Å²) in [5, 5.41) is 3.06. The molecule has 2 aromatic carbocycles. The summed E-state index contributed by atoms with van der Waals surface area (Å²) in [6.45, 7) is 0.737. The second kappa shape index (κ2) is 8.22. The van der Waals surface area contributed by atoms with E-state index in [1.807, 2.05) is 0 Å². The van der Waals surface area contributed by atoms with Crippen molar-refractivity contribution in [3.05, 3.63) is 64.7 Å². The number of nitrogens with one attached hydrogen (secondary N) is 1. The quantitative estimate of drug-likeness (QED) is 0.786. The van der Waals surface area contributed by atoms with E-state index >= 15 is 0 Å². The Bertz CT molecular complexity index is 868. The standard InChI is InChI=1S/C20H18ClF3N2O2/c21-16-8-6-13(7-9-16)19(28)26-10-2-3-14(12-26)18(27)25-17-5-1-4-15(11-17)20(22,23)24/h1,4-9,11,14H,2-3,10,12H2,(H,25,27)/t14-/m1/s1. The van der Waals surface area contributed by atoms with Gasteiger partial charge in [-0.15, -0.1) is 0 Å². The second-order valence-corrected chi connectivity index (χ2v) is 7.10. The summed E-state index contributed by atoms with van der Waals surface area (Å²) >= 11 is 5.83. The number of benzene rings is 2. The van der Waals surface area contributed by atoms with Crippen LogP contribution in [0.2, 0.25) is 5.02 Å². The van der Waals surface area contributed by atoms with Crippen molar-refractivity contribution in [2.45, 2.75) is 19.0 Å². The number of piperidine rings is 1. The first kappa shape index (κ1) is 20.2. The van der Waals surface area contributed by atoms with E-state index in [9.17, 15) is 22.8 Å². The summed E-state index contributed by atoms with van der Waals surface area (Å²) in [6.07, 6.45) is -3.28. The van der Waals surface area contributed by atoms with Gasteiger partial charge in [0.15, 0.2) is 0 Å². The average Bonchev–Trinajstić information content (AvgIpc) is 2.67. The van der Waals surface area contributed by atoms with Gasteiger partial charge in [-0.3, -0.25) is 9.59 Å². The van der Waals surface area contributed by atoms with E-state index in [0.29, 0.717) is 30.0 Å². The summed E-state index contributed by atoms with van der Waals surface area (Å²) in [6, 6.07) is 11.0. The number of carbonyl (C=O) groups excluding carboxylic acids is 2. The first-order valence-corrected chi connectivity index (χ1v) is 9.15. The summed E-state index contributed by atoms with van der Waals surface area (Å²) in [4.78, 5) is 26.7. The molecule has 4 nitrogen and oxygen atoms in total. The normalized spacial score (nSPS) is 17.3. The molecule has 1 fully saturated rings. The Balaban J connectivity index is 1.66. The first-order chi connectivity index (χ1) is 13.2. The maximum absolute atomic E-state index is 12.8. The Morgan fingerprint density at radius 1 is 1.11 bits per heavy atom. The Kier molecular flexibility index (Phi) is 5.93. The SMILES string of the molecule is O=C(Nc1cccc(C(F)(F)F)c1)[C@@H]1CCCN(C(=O)c2ccc(Cl)cc2)C1. The van der Waals surface area contributed by atoms with Gasteiger partial charge in [-0.25, -0.2) is 0 Å². The number of alkyl halides is 3. The number of nitrogens with zero attached hydrogens (tertiary/aromatic N) is 1. The molecule has 1 heterocycles. The molecule has 8 heteroatoms. The predicted molar refractivity (Wildman–Crippen MR) is 100 cm³/mol. The zero-order valence-electron chi connectivity index (χ0n) is 14.8. The lowest BCUT2D eigenvalue weighted by Gasteiger charge is -2.32. The van der Waals surface area contributed by atoms with E-state index in [1.165, 1.54) is 12.1 Å². The molecule has 0 aliphatic carbocycles. The highest BCUT2D eigenvalue weighted by atomic mass is 35.5. The van der Waals surface area contributed by atoms with Crippen LogP contribution in [-0.4, -0.2) is 29.8 Å². The minimum atomic E-state index is -4.48. The van der Waals surface area contributed by atoms with E-state index in [2.05, 4.69) is 5.32 Å². The van der Waals surface area contributed by atoms with E-state index in [4.69, 9.17) is 11.6 Å². The van der Waals surface area contributed by atoms with Crippen LogP contribution in [0.1, 0.15) is 28.8 Å². The number of amides is 2. The molecular weight excluding hydrogens is 393 g/mol. The van der Waals surface area contributed by atoms with E-state index in [0.717, 1.165) is 12.1 Å². The topological polar surface area (TPSA) is 49.4 Å². The predicted octanol–water partition coefficient (Wildman–Crippen LogP) is 4.85. The molecule has 2 amide bonds. The van der Waals surface area contributed by atoms with Gasteiger partial charge in [-0.2, -0.15) is 13.2 Å². The van der Waals surface area contributed by atoms with E-state index < -0.39 is 23.6 Å². The molecule has 1 N–H and O–H groups in total. The molecule has 1 atom stereocenters. The molecule has 0 bridgehead atoms. The molecular formula is C20H18ClF3N2O2. The fourth-order valence-electron chi connectivity index (χ4n) is 3.17. The van der Waals surface area contributed by atoms with Crippen molar-refractivity contribution in [2.75, 3.05) is 18.4 Å². The summed E-state index contributed by atoms with van der Waals surface area (Å²) in [7, 11) is 0. The van der Waals surface area contributed by atoms with Crippen LogP contribution in [0.4, 0.5) is 18.9 Å². The highest BCUT2D eigenvalue weighted by Gasteiger charge is 2.32. The third kappa shape index (κ3) is 4.84. The Hall–Kier alpha value is -2.54. The maximum atomic E-state index is 12.8. The van der Waals surface area contributed by atoms with Gasteiger partial charge in [0, 0.05) is 29.4 Å². The Labute approximate surface area is 165 Å². The highest BCUT2D eigenvalue weighted by Crippen LogP contribution is 2.31. The molecule has 148 valence electrons. The number of rotatable bonds is 3. The summed E-state index contributed by atoms with van der Waals surface area (Å²) in [5.41, 5.74) is -0.266. The van der Waals surface area contributed by atoms with Crippen LogP contribution >= 0.6 is 11.6 Å². The molecule has 3 rings (SSSR count). The fraction of sp³-hybridized carbons (Fsp3) is 0.300. The van der Waals surface area contributed by atoms with Gasteiger partial charge in [0.25, 0.3) is 5.91 Å². The smallest absolute Gasteiger partial charge is 0.338 e. The fourth-order valence-corrected chi connectivity index (χ4v) is 3.29. The van der Waals surface area contributed by atoms with Crippen LogP contribution in [0.25, 0.3) is 0 Å². The molecule has 1 aliphatic heterocycles. The Morgan fingerprint density at radius 3 is 2.50 bits per heavy atom. The van der Waals surface area contributed by atoms with Crippen LogP contribution in [0.5, 0.6) is 0 Å². The number of hydrogen-bond donors (Lipinski definition) is 1. The lowest BCUT2D eigenvalue weighted by Crippen LogP contribution is -2.43. The molecule has 0 aromatic heterocycles. The number of anilines is 1. The minimum Gasteiger partial charge on any atom is -0.338 e. The van der Waals surface area contributed by atoms with Gasteiger partial charge < -0.3 is 10.2 Å². The minimum absolute atomic E-state index is 0.0842. The summed E-state index contributed by atoms with van der Waals surface area (Å²) in [5.74, 6) is -1.08. The average molecular weight is 411 g/mol. The zero-order chi connectivity index (χ0) is 20.3. The van der Waals surface area contributed by atoms with Crippen LogP contribution in [0.15, 0.2) is 48.5 Å². The zero-order valence-corrected chi connectivity index (χ0v) is 15.6. The van der Waals surface area contributed by atoms with Crippen LogP contribution < -0.4 is 5.32 Å². The maximum Gasteiger partial charge on any atom is 0.416 e. The Morgan fingerprint density at radius 2 is 1.82 bits per heavy atom. The monoisotopic (exact) mass is 410 g/mol. The third-order valence-electron chi connectivity index (χ3n) is 4.63. The molecule has 0 unspecified atom stereocenters. The molecule has 28 heavy (non-hydrogen) atoms. The third-order valence-corrected chi connectivity index (χ3v) is 4.88. The van der Waals surface area contributed by atoms with Crippen LogP contribution in [0.3, 0.4) is 0 Å². The van der Waals surface area contributed by atoms with Crippen molar-refractivity contribution in [3.8, 4) is 0 Å². The van der Waals surface area contributed by atoms with Gasteiger partial charge in [0.1, 0.15) is 0 Å². The van der Waals surface area contributed by atoms with Crippen molar-refractivity contribution in [2.24, 2.45) is 5.92 Å². The molecule has 1 saturated heterocycles. The van der Waals surface area contributed by atoms with Crippen LogP contribution in [-0.2, 0) is 11.0 Å². The highest BCUT2D eigenvalue weighted by molar-refractivity contribution is 6.30. The number of halogens is 4. The van der Waals surface area contributed by atoms with Crippen molar-refractivity contribution in [3.63, 3.8) is 0 Å². The van der Waals surface area contributed by atoms with Crippen molar-refractivity contribution < 1.29 is 22.8 Å².